The van der Waals surface area contributed by atoms with E-state index in [9.17, 15) is 4.79 Å². The molecule has 0 unspecified atom stereocenters. The molecule has 4 nitrogen and oxygen atoms in total. The standard InChI is InChI=1S/C16H15NO3/c1-2-19-12-9-7-11(8-10-12)17-15-13-5-3-4-6-14(13)16(18)20-15/h3-10,15,17H,2H2,1H3/t15-/m0/s1. The van der Waals surface area contributed by atoms with Crippen LogP contribution in [0.2, 0.25) is 0 Å². The number of nitrogens with one attached hydrogen (secondary N) is 1. The largest absolute Gasteiger partial charge is 0.494 e. The van der Waals surface area contributed by atoms with Crippen LogP contribution in [-0.4, -0.2) is 12.6 Å². The van der Waals surface area contributed by atoms with E-state index in [-0.39, 0.29) is 5.97 Å². The van der Waals surface area contributed by atoms with E-state index >= 15 is 0 Å². The Hall–Kier alpha value is -2.49. The molecule has 20 heavy (non-hydrogen) atoms. The van der Waals surface area contributed by atoms with E-state index in [1.54, 1.807) is 6.07 Å². The number of hydrogen-bond donors (Lipinski definition) is 1. The van der Waals surface area contributed by atoms with Crippen molar-refractivity contribution in [1.82, 2.24) is 0 Å². The van der Waals surface area contributed by atoms with Crippen LogP contribution in [0.3, 0.4) is 0 Å². The van der Waals surface area contributed by atoms with Crippen LogP contribution >= 0.6 is 0 Å². The van der Waals surface area contributed by atoms with Gasteiger partial charge in [0.15, 0.2) is 0 Å². The lowest BCUT2D eigenvalue weighted by Gasteiger charge is -2.14. The summed E-state index contributed by atoms with van der Waals surface area (Å²) in [4.78, 5) is 11.7. The first kappa shape index (κ1) is 12.5. The van der Waals surface area contributed by atoms with Gasteiger partial charge < -0.3 is 14.8 Å². The smallest absolute Gasteiger partial charge is 0.340 e. The van der Waals surface area contributed by atoms with Crippen LogP contribution in [0.4, 0.5) is 5.69 Å². The molecule has 1 aliphatic rings. The highest BCUT2D eigenvalue weighted by Crippen LogP contribution is 2.31. The maximum atomic E-state index is 11.7. The number of ether oxygens (including phenoxy) is 2. The van der Waals surface area contributed by atoms with E-state index in [4.69, 9.17) is 9.47 Å². The second-order valence-electron chi connectivity index (χ2n) is 4.47. The molecule has 0 amide bonds. The molecular weight excluding hydrogens is 254 g/mol. The van der Waals surface area contributed by atoms with Gasteiger partial charge in [-0.05, 0) is 37.3 Å². The zero-order valence-electron chi connectivity index (χ0n) is 11.1. The van der Waals surface area contributed by atoms with E-state index in [1.165, 1.54) is 0 Å². The Morgan fingerprint density at radius 3 is 2.65 bits per heavy atom. The summed E-state index contributed by atoms with van der Waals surface area (Å²) in [7, 11) is 0. The zero-order chi connectivity index (χ0) is 13.9. The van der Waals surface area contributed by atoms with Crippen LogP contribution in [0, 0.1) is 0 Å². The molecule has 0 fully saturated rings. The predicted molar refractivity (Wildman–Crippen MR) is 75.8 cm³/mol. The molecule has 1 N–H and O–H groups in total. The van der Waals surface area contributed by atoms with Gasteiger partial charge in [0.25, 0.3) is 0 Å². The van der Waals surface area contributed by atoms with Gasteiger partial charge in [-0.15, -0.1) is 0 Å². The Morgan fingerprint density at radius 1 is 1.15 bits per heavy atom. The lowest BCUT2D eigenvalue weighted by Crippen LogP contribution is -2.10. The van der Waals surface area contributed by atoms with Crippen molar-refractivity contribution in [3.8, 4) is 5.75 Å². The normalized spacial score (nSPS) is 16.4. The Balaban J connectivity index is 1.77. The number of carbonyl (C=O) groups is 1. The summed E-state index contributed by atoms with van der Waals surface area (Å²) in [6, 6.07) is 15.0. The topological polar surface area (TPSA) is 47.6 Å². The molecule has 3 rings (SSSR count). The SMILES string of the molecule is CCOc1ccc(N[C@H]2OC(=O)c3ccccc32)cc1. The number of anilines is 1. The quantitative estimate of drug-likeness (QED) is 0.864. The second-order valence-corrected chi connectivity index (χ2v) is 4.47. The highest BCUT2D eigenvalue weighted by Gasteiger charge is 2.30. The summed E-state index contributed by atoms with van der Waals surface area (Å²) in [5.74, 6) is 0.533. The first-order chi connectivity index (χ1) is 9.78. The summed E-state index contributed by atoms with van der Waals surface area (Å²) < 4.78 is 10.7. The lowest BCUT2D eigenvalue weighted by atomic mass is 10.1. The van der Waals surface area contributed by atoms with Crippen molar-refractivity contribution in [3.05, 3.63) is 59.7 Å². The molecule has 1 heterocycles. The van der Waals surface area contributed by atoms with Gasteiger partial charge in [-0.2, -0.15) is 0 Å². The van der Waals surface area contributed by atoms with Gasteiger partial charge in [0, 0.05) is 11.3 Å². The molecule has 0 radical (unpaired) electrons. The Kier molecular flexibility index (Phi) is 3.29. The molecule has 0 bridgehead atoms. The van der Waals surface area contributed by atoms with Crippen molar-refractivity contribution in [1.29, 1.82) is 0 Å². The van der Waals surface area contributed by atoms with Crippen LogP contribution in [-0.2, 0) is 4.74 Å². The fraction of sp³-hybridized carbons (Fsp3) is 0.188. The molecule has 0 saturated heterocycles. The molecule has 102 valence electrons. The average molecular weight is 269 g/mol. The molecule has 0 aromatic heterocycles. The van der Waals surface area contributed by atoms with Gasteiger partial charge in [0.05, 0.1) is 12.2 Å². The lowest BCUT2D eigenvalue weighted by molar-refractivity contribution is 0.0437. The maximum absolute atomic E-state index is 11.7. The number of fused-ring (bicyclic) bond motifs is 1. The van der Waals surface area contributed by atoms with Gasteiger partial charge in [0.2, 0.25) is 6.23 Å². The Bertz CT molecular complexity index is 622. The van der Waals surface area contributed by atoms with Crippen LogP contribution in [0.1, 0.15) is 29.1 Å². The van der Waals surface area contributed by atoms with E-state index in [0.29, 0.717) is 12.2 Å². The van der Waals surface area contributed by atoms with E-state index in [0.717, 1.165) is 17.0 Å². The summed E-state index contributed by atoms with van der Waals surface area (Å²) in [5, 5.41) is 3.20. The predicted octanol–water partition coefficient (Wildman–Crippen LogP) is 3.37. The highest BCUT2D eigenvalue weighted by molar-refractivity contribution is 5.94. The molecule has 2 aromatic rings. The summed E-state index contributed by atoms with van der Waals surface area (Å²) in [6.45, 7) is 2.58. The molecule has 0 spiro atoms. The number of esters is 1. The minimum Gasteiger partial charge on any atom is -0.494 e. The van der Waals surface area contributed by atoms with Gasteiger partial charge in [-0.1, -0.05) is 18.2 Å². The van der Waals surface area contributed by atoms with Crippen molar-refractivity contribution in [2.75, 3.05) is 11.9 Å². The number of rotatable bonds is 4. The number of carbonyl (C=O) groups excluding carboxylic acids is 1. The first-order valence-electron chi connectivity index (χ1n) is 6.57. The molecule has 2 aromatic carbocycles. The third-order valence-corrected chi connectivity index (χ3v) is 3.15. The summed E-state index contributed by atoms with van der Waals surface area (Å²) in [5.41, 5.74) is 2.37. The fourth-order valence-electron chi connectivity index (χ4n) is 2.22. The van der Waals surface area contributed by atoms with Crippen LogP contribution < -0.4 is 10.1 Å². The molecule has 1 aliphatic heterocycles. The first-order valence-corrected chi connectivity index (χ1v) is 6.57. The number of cyclic esters (lactones) is 1. The third kappa shape index (κ3) is 2.32. The summed E-state index contributed by atoms with van der Waals surface area (Å²) >= 11 is 0. The minimum atomic E-state index is -0.434. The van der Waals surface area contributed by atoms with E-state index in [1.807, 2.05) is 49.4 Å². The monoisotopic (exact) mass is 269 g/mol. The van der Waals surface area contributed by atoms with E-state index in [2.05, 4.69) is 5.32 Å². The van der Waals surface area contributed by atoms with Gasteiger partial charge in [0.1, 0.15) is 5.75 Å². The Labute approximate surface area is 117 Å². The van der Waals surface area contributed by atoms with Crippen molar-refractivity contribution >= 4 is 11.7 Å². The average Bonchev–Trinajstić information content (AvgIpc) is 2.79. The van der Waals surface area contributed by atoms with Gasteiger partial charge in [-0.25, -0.2) is 4.79 Å². The number of hydrogen-bond acceptors (Lipinski definition) is 4. The van der Waals surface area contributed by atoms with Crippen LogP contribution in [0.5, 0.6) is 5.75 Å². The third-order valence-electron chi connectivity index (χ3n) is 3.15. The van der Waals surface area contributed by atoms with Crippen molar-refractivity contribution < 1.29 is 14.3 Å². The van der Waals surface area contributed by atoms with Crippen molar-refractivity contribution in [2.45, 2.75) is 13.2 Å². The van der Waals surface area contributed by atoms with Crippen molar-refractivity contribution in [2.24, 2.45) is 0 Å². The molecule has 1 atom stereocenters. The molecule has 0 saturated carbocycles. The molecular formula is C16H15NO3. The molecule has 4 heteroatoms. The van der Waals surface area contributed by atoms with Crippen LogP contribution in [0.15, 0.2) is 48.5 Å². The van der Waals surface area contributed by atoms with Crippen LogP contribution in [0.25, 0.3) is 0 Å². The van der Waals surface area contributed by atoms with Gasteiger partial charge in [-0.3, -0.25) is 0 Å². The maximum Gasteiger partial charge on any atom is 0.340 e. The minimum absolute atomic E-state index is 0.288. The highest BCUT2D eigenvalue weighted by atomic mass is 16.6. The zero-order valence-corrected chi connectivity index (χ0v) is 11.1. The van der Waals surface area contributed by atoms with Crippen molar-refractivity contribution in [3.63, 3.8) is 0 Å². The van der Waals surface area contributed by atoms with Gasteiger partial charge >= 0.3 is 5.97 Å². The number of benzene rings is 2. The van der Waals surface area contributed by atoms with E-state index < -0.39 is 6.23 Å². The Morgan fingerprint density at radius 2 is 1.90 bits per heavy atom. The summed E-state index contributed by atoms with van der Waals surface area (Å²) in [6.07, 6.45) is -0.434. The second kappa shape index (κ2) is 5.25. The fourth-order valence-corrected chi connectivity index (χ4v) is 2.22. The molecule has 0 aliphatic carbocycles.